The zero-order chi connectivity index (χ0) is 9.14. The second-order valence-corrected chi connectivity index (χ2v) is 3.34. The van der Waals surface area contributed by atoms with Gasteiger partial charge in [-0.05, 0) is 31.4 Å². The lowest BCUT2D eigenvalue weighted by molar-refractivity contribution is 0.799. The van der Waals surface area contributed by atoms with E-state index in [2.05, 4.69) is 32.0 Å². The van der Waals surface area contributed by atoms with Crippen LogP contribution in [0.25, 0.3) is 0 Å². The second kappa shape index (κ2) is 3.72. The standard InChI is InChI=1S/C11H17N/c1-4-10-6-5-8(2)7-11(10)9(3)12/h5-7,9H,4,12H2,1-3H3/t9-/m1/s1. The highest BCUT2D eigenvalue weighted by atomic mass is 14.6. The average Bonchev–Trinajstić information content (AvgIpc) is 2.04. The van der Waals surface area contributed by atoms with Crippen LogP contribution in [0.4, 0.5) is 0 Å². The predicted molar refractivity (Wildman–Crippen MR) is 53.2 cm³/mol. The average molecular weight is 163 g/mol. The summed E-state index contributed by atoms with van der Waals surface area (Å²) in [6.07, 6.45) is 1.07. The molecule has 0 fully saturated rings. The summed E-state index contributed by atoms with van der Waals surface area (Å²) >= 11 is 0. The van der Waals surface area contributed by atoms with Crippen molar-refractivity contribution < 1.29 is 0 Å². The molecule has 1 aromatic rings. The molecule has 0 unspecified atom stereocenters. The first-order valence-corrected chi connectivity index (χ1v) is 4.50. The predicted octanol–water partition coefficient (Wildman–Crippen LogP) is 2.58. The van der Waals surface area contributed by atoms with Gasteiger partial charge in [0.1, 0.15) is 0 Å². The van der Waals surface area contributed by atoms with Gasteiger partial charge in [-0.1, -0.05) is 30.7 Å². The Bertz CT molecular complexity index is 264. The molecule has 1 nitrogen and oxygen atoms in total. The van der Waals surface area contributed by atoms with Crippen molar-refractivity contribution in [3.8, 4) is 0 Å². The molecule has 0 saturated heterocycles. The SMILES string of the molecule is CCc1ccc(C)cc1[C@@H](C)N. The van der Waals surface area contributed by atoms with Gasteiger partial charge in [-0.25, -0.2) is 0 Å². The summed E-state index contributed by atoms with van der Waals surface area (Å²) in [6, 6.07) is 6.65. The molecule has 0 heterocycles. The highest BCUT2D eigenvalue weighted by Gasteiger charge is 2.04. The summed E-state index contributed by atoms with van der Waals surface area (Å²) in [7, 11) is 0. The van der Waals surface area contributed by atoms with E-state index in [4.69, 9.17) is 5.73 Å². The number of hydrogen-bond acceptors (Lipinski definition) is 1. The summed E-state index contributed by atoms with van der Waals surface area (Å²) in [4.78, 5) is 0. The Balaban J connectivity index is 3.12. The van der Waals surface area contributed by atoms with Crippen LogP contribution in [0.5, 0.6) is 0 Å². The maximum Gasteiger partial charge on any atom is 0.0268 e. The molecule has 0 aromatic heterocycles. The van der Waals surface area contributed by atoms with Crippen molar-refractivity contribution in [3.63, 3.8) is 0 Å². The van der Waals surface area contributed by atoms with Gasteiger partial charge in [0.15, 0.2) is 0 Å². The zero-order valence-corrected chi connectivity index (χ0v) is 8.09. The van der Waals surface area contributed by atoms with E-state index in [-0.39, 0.29) is 6.04 Å². The number of benzene rings is 1. The molecule has 0 radical (unpaired) electrons. The largest absolute Gasteiger partial charge is 0.324 e. The Morgan fingerprint density at radius 2 is 2.08 bits per heavy atom. The monoisotopic (exact) mass is 163 g/mol. The van der Waals surface area contributed by atoms with Crippen LogP contribution < -0.4 is 5.73 Å². The van der Waals surface area contributed by atoms with Crippen molar-refractivity contribution in [2.75, 3.05) is 0 Å². The van der Waals surface area contributed by atoms with Gasteiger partial charge >= 0.3 is 0 Å². The smallest absolute Gasteiger partial charge is 0.0268 e. The Hall–Kier alpha value is -0.820. The minimum atomic E-state index is 0.153. The summed E-state index contributed by atoms with van der Waals surface area (Å²) in [5.41, 5.74) is 9.81. The third-order valence-electron chi connectivity index (χ3n) is 2.17. The topological polar surface area (TPSA) is 26.0 Å². The van der Waals surface area contributed by atoms with Crippen LogP contribution in [0, 0.1) is 6.92 Å². The fraction of sp³-hybridized carbons (Fsp3) is 0.455. The first-order chi connectivity index (χ1) is 5.65. The molecule has 0 spiro atoms. The molecule has 0 saturated carbocycles. The Kier molecular flexibility index (Phi) is 2.88. The summed E-state index contributed by atoms with van der Waals surface area (Å²) in [6.45, 7) is 6.30. The Morgan fingerprint density at radius 1 is 1.42 bits per heavy atom. The minimum Gasteiger partial charge on any atom is -0.324 e. The summed E-state index contributed by atoms with van der Waals surface area (Å²) in [5, 5.41) is 0. The van der Waals surface area contributed by atoms with E-state index in [1.54, 1.807) is 0 Å². The van der Waals surface area contributed by atoms with E-state index in [0.717, 1.165) is 6.42 Å². The van der Waals surface area contributed by atoms with Gasteiger partial charge in [0.05, 0.1) is 0 Å². The molecule has 0 aliphatic heterocycles. The minimum absolute atomic E-state index is 0.153. The fourth-order valence-corrected chi connectivity index (χ4v) is 1.46. The van der Waals surface area contributed by atoms with E-state index < -0.39 is 0 Å². The van der Waals surface area contributed by atoms with Crippen molar-refractivity contribution in [1.82, 2.24) is 0 Å². The molecule has 1 heteroatoms. The molecule has 1 aromatic carbocycles. The quantitative estimate of drug-likeness (QED) is 0.712. The van der Waals surface area contributed by atoms with E-state index in [0.29, 0.717) is 0 Å². The van der Waals surface area contributed by atoms with Gasteiger partial charge in [0.2, 0.25) is 0 Å². The number of rotatable bonds is 2. The van der Waals surface area contributed by atoms with Gasteiger partial charge < -0.3 is 5.73 Å². The maximum atomic E-state index is 5.86. The van der Waals surface area contributed by atoms with Gasteiger partial charge in [0.25, 0.3) is 0 Å². The Morgan fingerprint density at radius 3 is 2.58 bits per heavy atom. The van der Waals surface area contributed by atoms with Gasteiger partial charge in [-0.2, -0.15) is 0 Å². The van der Waals surface area contributed by atoms with Crippen molar-refractivity contribution in [2.24, 2.45) is 5.73 Å². The highest BCUT2D eigenvalue weighted by Crippen LogP contribution is 2.17. The van der Waals surface area contributed by atoms with Crippen LogP contribution in [0.15, 0.2) is 18.2 Å². The number of aryl methyl sites for hydroxylation is 2. The van der Waals surface area contributed by atoms with Crippen LogP contribution in [0.1, 0.15) is 36.6 Å². The summed E-state index contributed by atoms with van der Waals surface area (Å²) < 4.78 is 0. The third kappa shape index (κ3) is 1.86. The van der Waals surface area contributed by atoms with Gasteiger partial charge in [0, 0.05) is 6.04 Å². The lowest BCUT2D eigenvalue weighted by Gasteiger charge is -2.11. The molecular formula is C11H17N. The van der Waals surface area contributed by atoms with E-state index >= 15 is 0 Å². The summed E-state index contributed by atoms with van der Waals surface area (Å²) in [5.74, 6) is 0. The second-order valence-electron chi connectivity index (χ2n) is 3.34. The zero-order valence-electron chi connectivity index (χ0n) is 8.09. The van der Waals surface area contributed by atoms with Crippen LogP contribution in [0.3, 0.4) is 0 Å². The lowest BCUT2D eigenvalue weighted by atomic mass is 9.98. The van der Waals surface area contributed by atoms with Crippen molar-refractivity contribution in [3.05, 3.63) is 34.9 Å². The van der Waals surface area contributed by atoms with Gasteiger partial charge in [-0.3, -0.25) is 0 Å². The molecule has 1 atom stereocenters. The third-order valence-corrected chi connectivity index (χ3v) is 2.17. The fourth-order valence-electron chi connectivity index (χ4n) is 1.46. The molecular weight excluding hydrogens is 146 g/mol. The van der Waals surface area contributed by atoms with Crippen LogP contribution in [-0.2, 0) is 6.42 Å². The Labute approximate surface area is 74.6 Å². The normalized spacial score (nSPS) is 13.0. The van der Waals surface area contributed by atoms with Crippen molar-refractivity contribution in [1.29, 1.82) is 0 Å². The van der Waals surface area contributed by atoms with Crippen molar-refractivity contribution >= 4 is 0 Å². The lowest BCUT2D eigenvalue weighted by Crippen LogP contribution is -2.08. The van der Waals surface area contributed by atoms with Crippen LogP contribution in [-0.4, -0.2) is 0 Å². The van der Waals surface area contributed by atoms with E-state index in [1.165, 1.54) is 16.7 Å². The first-order valence-electron chi connectivity index (χ1n) is 4.50. The van der Waals surface area contributed by atoms with Gasteiger partial charge in [-0.15, -0.1) is 0 Å². The maximum absolute atomic E-state index is 5.86. The molecule has 66 valence electrons. The molecule has 0 aliphatic carbocycles. The van der Waals surface area contributed by atoms with E-state index in [1.807, 2.05) is 6.92 Å². The molecule has 0 bridgehead atoms. The van der Waals surface area contributed by atoms with E-state index in [9.17, 15) is 0 Å². The molecule has 0 aliphatic rings. The van der Waals surface area contributed by atoms with Crippen LogP contribution >= 0.6 is 0 Å². The van der Waals surface area contributed by atoms with Crippen LogP contribution in [0.2, 0.25) is 0 Å². The molecule has 0 amide bonds. The molecule has 1 rings (SSSR count). The number of nitrogens with two attached hydrogens (primary N) is 1. The highest BCUT2D eigenvalue weighted by molar-refractivity contribution is 5.33. The molecule has 2 N–H and O–H groups in total. The van der Waals surface area contributed by atoms with Crippen molar-refractivity contribution in [2.45, 2.75) is 33.2 Å². The molecule has 12 heavy (non-hydrogen) atoms. The first kappa shape index (κ1) is 9.27. The number of hydrogen-bond donors (Lipinski definition) is 1.